The average Bonchev–Trinajstić information content (AvgIpc) is 2.72. The Morgan fingerprint density at radius 1 is 0.867 bits per heavy atom. The molecule has 1 saturated heterocycles. The Hall–Kier alpha value is -3.30. The van der Waals surface area contributed by atoms with Crippen LogP contribution >= 0.6 is 0 Å². The molecule has 1 aromatic carbocycles. The molecule has 1 aliphatic rings. The highest BCUT2D eigenvalue weighted by molar-refractivity contribution is 5.96. The quantitative estimate of drug-likeness (QED) is 0.749. The van der Waals surface area contributed by atoms with Crippen LogP contribution in [0, 0.1) is 11.6 Å². The van der Waals surface area contributed by atoms with Gasteiger partial charge in [0, 0.05) is 60.4 Å². The largest absolute Gasteiger partial charge is 0.363 e. The maximum Gasteiger partial charge on any atom is 0.272 e. The molecule has 160 valence electrons. The van der Waals surface area contributed by atoms with Gasteiger partial charge in [-0.2, -0.15) is 4.98 Å². The first kappa shape index (κ1) is 21.4. The van der Waals surface area contributed by atoms with Gasteiger partial charge < -0.3 is 19.6 Å². The lowest BCUT2D eigenvalue weighted by molar-refractivity contribution is 0.0527. The zero-order valence-electron chi connectivity index (χ0n) is 17.4. The summed E-state index contributed by atoms with van der Waals surface area (Å²) in [6.07, 6.45) is 0. The molecule has 2 aromatic rings. The van der Waals surface area contributed by atoms with Gasteiger partial charge in [-0.15, -0.1) is 0 Å². The summed E-state index contributed by atoms with van der Waals surface area (Å²) in [5.74, 6) is -1.79. The molecule has 1 aliphatic heterocycles. The molecule has 1 fully saturated rings. The normalized spacial score (nSPS) is 13.9. The summed E-state index contributed by atoms with van der Waals surface area (Å²) < 4.78 is 27.8. The third-order valence-electron chi connectivity index (χ3n) is 4.81. The van der Waals surface area contributed by atoms with Crippen LogP contribution in [0.3, 0.4) is 0 Å². The van der Waals surface area contributed by atoms with Crippen molar-refractivity contribution in [1.29, 1.82) is 0 Å². The van der Waals surface area contributed by atoms with E-state index in [1.807, 2.05) is 14.1 Å². The molecule has 0 atom stereocenters. The molecule has 8 nitrogen and oxygen atoms in total. The van der Waals surface area contributed by atoms with E-state index in [1.54, 1.807) is 34.9 Å². The number of carbonyl (C=O) groups excluding carboxylic acids is 2. The van der Waals surface area contributed by atoms with Crippen molar-refractivity contribution in [3.63, 3.8) is 0 Å². The topological polar surface area (TPSA) is 72.9 Å². The summed E-state index contributed by atoms with van der Waals surface area (Å²) >= 11 is 0. The molecule has 0 saturated carbocycles. The van der Waals surface area contributed by atoms with Gasteiger partial charge in [0.15, 0.2) is 0 Å². The minimum absolute atomic E-state index is 0.171. The van der Waals surface area contributed by atoms with Crippen LogP contribution in [0.1, 0.15) is 20.8 Å². The van der Waals surface area contributed by atoms with Crippen LogP contribution in [0.25, 0.3) is 0 Å². The summed E-state index contributed by atoms with van der Waals surface area (Å²) in [5, 5.41) is 0. The van der Waals surface area contributed by atoms with Crippen LogP contribution in [-0.2, 0) is 0 Å². The standard InChI is InChI=1S/C20H24F2N6O2/c1-25(2)16-12-15(23-20(24-16)26(3)4)18(29)27-8-10-28(11-9-27)19(30)17-13(21)6-5-7-14(17)22/h5-7,12H,8-11H2,1-4H3. The maximum atomic E-state index is 13.9. The van der Waals surface area contributed by atoms with Gasteiger partial charge in [-0.3, -0.25) is 9.59 Å². The fraction of sp³-hybridized carbons (Fsp3) is 0.400. The molecule has 0 N–H and O–H groups in total. The van der Waals surface area contributed by atoms with Crippen molar-refractivity contribution in [1.82, 2.24) is 19.8 Å². The van der Waals surface area contributed by atoms with Crippen LogP contribution in [0.4, 0.5) is 20.5 Å². The number of aromatic nitrogens is 2. The van der Waals surface area contributed by atoms with Gasteiger partial charge in [0.25, 0.3) is 11.8 Å². The number of hydrogen-bond donors (Lipinski definition) is 0. The summed E-state index contributed by atoms with van der Waals surface area (Å²) in [5.41, 5.74) is -0.323. The Morgan fingerprint density at radius 2 is 1.40 bits per heavy atom. The number of piperazine rings is 1. The van der Waals surface area contributed by atoms with Crippen LogP contribution in [0.15, 0.2) is 24.3 Å². The molecule has 0 spiro atoms. The van der Waals surface area contributed by atoms with E-state index in [0.29, 0.717) is 11.8 Å². The predicted molar refractivity (Wildman–Crippen MR) is 109 cm³/mol. The minimum Gasteiger partial charge on any atom is -0.363 e. The predicted octanol–water partition coefficient (Wildman–Crippen LogP) is 1.49. The fourth-order valence-corrected chi connectivity index (χ4v) is 3.10. The SMILES string of the molecule is CN(C)c1cc(C(=O)N2CCN(C(=O)c3c(F)cccc3F)CC2)nc(N(C)C)n1. The lowest BCUT2D eigenvalue weighted by Gasteiger charge is -2.34. The number of benzene rings is 1. The van der Waals surface area contributed by atoms with E-state index in [4.69, 9.17) is 0 Å². The van der Waals surface area contributed by atoms with Gasteiger partial charge >= 0.3 is 0 Å². The fourth-order valence-electron chi connectivity index (χ4n) is 3.10. The Bertz CT molecular complexity index is 912. The Balaban J connectivity index is 1.74. The number of hydrogen-bond acceptors (Lipinski definition) is 6. The zero-order chi connectivity index (χ0) is 22.0. The van der Waals surface area contributed by atoms with E-state index in [1.165, 1.54) is 11.0 Å². The zero-order valence-corrected chi connectivity index (χ0v) is 17.4. The third kappa shape index (κ3) is 4.32. The van der Waals surface area contributed by atoms with Gasteiger partial charge in [0.05, 0.1) is 0 Å². The third-order valence-corrected chi connectivity index (χ3v) is 4.81. The molecule has 0 radical (unpaired) electrons. The second-order valence-electron chi connectivity index (χ2n) is 7.38. The Kier molecular flexibility index (Phi) is 6.14. The molecular weight excluding hydrogens is 394 g/mol. The summed E-state index contributed by atoms with van der Waals surface area (Å²) in [4.78, 5) is 40.7. The summed E-state index contributed by atoms with van der Waals surface area (Å²) in [7, 11) is 7.22. The molecule has 0 aliphatic carbocycles. The van der Waals surface area contributed by atoms with Crippen molar-refractivity contribution in [2.24, 2.45) is 0 Å². The summed E-state index contributed by atoms with van der Waals surface area (Å²) in [6, 6.07) is 4.93. The lowest BCUT2D eigenvalue weighted by atomic mass is 10.1. The van der Waals surface area contributed by atoms with Crippen LogP contribution < -0.4 is 9.80 Å². The lowest BCUT2D eigenvalue weighted by Crippen LogP contribution is -2.51. The summed E-state index contributed by atoms with van der Waals surface area (Å²) in [6.45, 7) is 0.813. The van der Waals surface area contributed by atoms with E-state index < -0.39 is 23.1 Å². The van der Waals surface area contributed by atoms with Crippen molar-refractivity contribution >= 4 is 23.6 Å². The van der Waals surface area contributed by atoms with Crippen molar-refractivity contribution in [3.05, 3.63) is 47.2 Å². The second kappa shape index (κ2) is 8.60. The van der Waals surface area contributed by atoms with Gasteiger partial charge in [0.2, 0.25) is 5.95 Å². The number of anilines is 2. The molecule has 0 unspecified atom stereocenters. The van der Waals surface area contributed by atoms with Crippen LogP contribution in [0.5, 0.6) is 0 Å². The molecule has 3 rings (SSSR count). The van der Waals surface area contributed by atoms with E-state index in [-0.39, 0.29) is 37.8 Å². The van der Waals surface area contributed by atoms with Crippen molar-refractivity contribution in [2.45, 2.75) is 0 Å². The van der Waals surface area contributed by atoms with Crippen LogP contribution in [-0.4, -0.2) is 86.0 Å². The van der Waals surface area contributed by atoms with Gasteiger partial charge in [-0.1, -0.05) is 6.07 Å². The highest BCUT2D eigenvalue weighted by atomic mass is 19.1. The molecule has 10 heteroatoms. The minimum atomic E-state index is -0.896. The van der Waals surface area contributed by atoms with Crippen molar-refractivity contribution in [2.75, 3.05) is 64.2 Å². The smallest absolute Gasteiger partial charge is 0.272 e. The molecule has 30 heavy (non-hydrogen) atoms. The van der Waals surface area contributed by atoms with Gasteiger partial charge in [-0.25, -0.2) is 13.8 Å². The maximum absolute atomic E-state index is 13.9. The average molecular weight is 418 g/mol. The number of nitrogens with zero attached hydrogens (tertiary/aromatic N) is 6. The first-order valence-electron chi connectivity index (χ1n) is 9.45. The molecule has 2 heterocycles. The van der Waals surface area contributed by atoms with Gasteiger partial charge in [-0.05, 0) is 12.1 Å². The Morgan fingerprint density at radius 3 is 1.90 bits per heavy atom. The van der Waals surface area contributed by atoms with Crippen molar-refractivity contribution < 1.29 is 18.4 Å². The highest BCUT2D eigenvalue weighted by Crippen LogP contribution is 2.19. The number of amides is 2. The first-order valence-corrected chi connectivity index (χ1v) is 9.45. The van der Waals surface area contributed by atoms with E-state index in [2.05, 4.69) is 9.97 Å². The first-order chi connectivity index (χ1) is 14.2. The number of rotatable bonds is 4. The molecule has 1 aromatic heterocycles. The Labute approximate surface area is 173 Å². The molecular formula is C20H24F2N6O2. The number of halogens is 2. The van der Waals surface area contributed by atoms with E-state index in [0.717, 1.165) is 12.1 Å². The molecule has 2 amide bonds. The van der Waals surface area contributed by atoms with E-state index in [9.17, 15) is 18.4 Å². The van der Waals surface area contributed by atoms with Crippen LogP contribution in [0.2, 0.25) is 0 Å². The van der Waals surface area contributed by atoms with Gasteiger partial charge in [0.1, 0.15) is 28.7 Å². The number of carbonyl (C=O) groups is 2. The highest BCUT2D eigenvalue weighted by Gasteiger charge is 2.29. The second-order valence-corrected chi connectivity index (χ2v) is 7.38. The van der Waals surface area contributed by atoms with Crippen molar-refractivity contribution in [3.8, 4) is 0 Å². The molecule has 0 bridgehead atoms. The monoisotopic (exact) mass is 418 g/mol. The van der Waals surface area contributed by atoms with E-state index >= 15 is 0 Å².